The lowest BCUT2D eigenvalue weighted by atomic mass is 9.94. The minimum Gasteiger partial charge on any atom is -0.444 e. The molecule has 3 atom stereocenters. The number of oxazole rings is 1. The minimum atomic E-state index is -0.0929. The van der Waals surface area contributed by atoms with E-state index in [1.54, 1.807) is 0 Å². The molecule has 3 rings (SSSR count). The van der Waals surface area contributed by atoms with Crippen LogP contribution >= 0.6 is 0 Å². The van der Waals surface area contributed by atoms with Crippen molar-refractivity contribution >= 4 is 0 Å². The SMILES string of the molecule is CC(C)(C)c1cnc(CN2CC3CCC(O)C3C2)o1. The number of fused-ring (bicyclic) bond motifs is 1. The Morgan fingerprint density at radius 2 is 2.16 bits per heavy atom. The van der Waals surface area contributed by atoms with Gasteiger partial charge < -0.3 is 9.52 Å². The van der Waals surface area contributed by atoms with Crippen LogP contribution in [0, 0.1) is 11.8 Å². The first-order chi connectivity index (χ1) is 8.93. The third-order valence-corrected chi connectivity index (χ3v) is 4.55. The zero-order chi connectivity index (χ0) is 13.6. The van der Waals surface area contributed by atoms with Gasteiger partial charge in [-0.15, -0.1) is 0 Å². The summed E-state index contributed by atoms with van der Waals surface area (Å²) in [5.41, 5.74) is 0.0168. The highest BCUT2D eigenvalue weighted by atomic mass is 16.4. The topological polar surface area (TPSA) is 49.5 Å². The number of hydrogen-bond donors (Lipinski definition) is 1. The van der Waals surface area contributed by atoms with Crippen LogP contribution in [-0.2, 0) is 12.0 Å². The Hall–Kier alpha value is -0.870. The average Bonchev–Trinajstić information content (AvgIpc) is 2.97. The third kappa shape index (κ3) is 2.56. The maximum absolute atomic E-state index is 9.93. The Balaban J connectivity index is 1.62. The maximum atomic E-state index is 9.93. The Bertz CT molecular complexity index is 449. The third-order valence-electron chi connectivity index (χ3n) is 4.55. The van der Waals surface area contributed by atoms with Crippen molar-refractivity contribution in [3.63, 3.8) is 0 Å². The van der Waals surface area contributed by atoms with Crippen LogP contribution in [0.25, 0.3) is 0 Å². The Morgan fingerprint density at radius 1 is 1.37 bits per heavy atom. The zero-order valence-electron chi connectivity index (χ0n) is 12.1. The van der Waals surface area contributed by atoms with Crippen molar-refractivity contribution in [2.45, 2.75) is 51.7 Å². The van der Waals surface area contributed by atoms with E-state index in [0.717, 1.165) is 37.7 Å². The summed E-state index contributed by atoms with van der Waals surface area (Å²) in [7, 11) is 0. The van der Waals surface area contributed by atoms with E-state index < -0.39 is 0 Å². The first-order valence-corrected chi connectivity index (χ1v) is 7.29. The van der Waals surface area contributed by atoms with E-state index in [1.807, 2.05) is 6.20 Å². The lowest BCUT2D eigenvalue weighted by Gasteiger charge is -2.16. The fourth-order valence-electron chi connectivity index (χ4n) is 3.38. The molecule has 106 valence electrons. The molecule has 19 heavy (non-hydrogen) atoms. The number of hydrogen-bond acceptors (Lipinski definition) is 4. The molecule has 0 aromatic carbocycles. The summed E-state index contributed by atoms with van der Waals surface area (Å²) in [5, 5.41) is 9.93. The summed E-state index contributed by atoms with van der Waals surface area (Å²) in [6.45, 7) is 9.24. The van der Waals surface area contributed by atoms with E-state index in [-0.39, 0.29) is 11.5 Å². The Kier molecular flexibility index (Phi) is 3.18. The summed E-state index contributed by atoms with van der Waals surface area (Å²) in [6, 6.07) is 0. The molecule has 1 aliphatic heterocycles. The quantitative estimate of drug-likeness (QED) is 0.889. The maximum Gasteiger partial charge on any atom is 0.208 e. The van der Waals surface area contributed by atoms with Crippen LogP contribution in [0.4, 0.5) is 0 Å². The second kappa shape index (κ2) is 4.60. The van der Waals surface area contributed by atoms with Crippen LogP contribution in [0.3, 0.4) is 0 Å². The second-order valence-electron chi connectivity index (χ2n) is 7.13. The second-order valence-corrected chi connectivity index (χ2v) is 7.13. The molecule has 4 heteroatoms. The van der Waals surface area contributed by atoms with Crippen LogP contribution in [-0.4, -0.2) is 34.2 Å². The number of nitrogens with zero attached hydrogens (tertiary/aromatic N) is 2. The van der Waals surface area contributed by atoms with Crippen molar-refractivity contribution in [3.8, 4) is 0 Å². The molecular formula is C15H24N2O2. The van der Waals surface area contributed by atoms with E-state index in [2.05, 4.69) is 30.7 Å². The van der Waals surface area contributed by atoms with Crippen molar-refractivity contribution < 1.29 is 9.52 Å². The molecule has 2 heterocycles. The Labute approximate surface area is 114 Å². The van der Waals surface area contributed by atoms with E-state index in [9.17, 15) is 5.11 Å². The summed E-state index contributed by atoms with van der Waals surface area (Å²) in [5.74, 6) is 2.89. The van der Waals surface area contributed by atoms with Crippen LogP contribution in [0.15, 0.2) is 10.6 Å². The highest BCUT2D eigenvalue weighted by Crippen LogP contribution is 2.38. The zero-order valence-corrected chi connectivity index (χ0v) is 12.1. The van der Waals surface area contributed by atoms with Gasteiger partial charge in [0.25, 0.3) is 0 Å². The van der Waals surface area contributed by atoms with Crippen molar-refractivity contribution in [2.75, 3.05) is 13.1 Å². The molecule has 1 saturated heterocycles. The monoisotopic (exact) mass is 264 g/mol. The van der Waals surface area contributed by atoms with Gasteiger partial charge >= 0.3 is 0 Å². The first kappa shape index (κ1) is 13.1. The molecule has 3 unspecified atom stereocenters. The standard InChI is InChI=1S/C15H24N2O2/c1-15(2,3)13-6-16-14(19-13)9-17-7-10-4-5-12(18)11(10)8-17/h6,10-12,18H,4-5,7-9H2,1-3H3. The summed E-state index contributed by atoms with van der Waals surface area (Å²) in [6.07, 6.45) is 3.91. The van der Waals surface area contributed by atoms with E-state index in [1.165, 1.54) is 6.42 Å². The highest BCUT2D eigenvalue weighted by molar-refractivity contribution is 5.06. The van der Waals surface area contributed by atoms with Gasteiger partial charge in [-0.05, 0) is 18.8 Å². The van der Waals surface area contributed by atoms with Gasteiger partial charge in [-0.25, -0.2) is 4.98 Å². The van der Waals surface area contributed by atoms with Gasteiger partial charge in [0.1, 0.15) is 5.76 Å². The fraction of sp³-hybridized carbons (Fsp3) is 0.800. The number of aliphatic hydroxyl groups excluding tert-OH is 1. The average molecular weight is 264 g/mol. The van der Waals surface area contributed by atoms with Crippen LogP contribution in [0.5, 0.6) is 0 Å². The number of likely N-dealkylation sites (tertiary alicyclic amines) is 1. The molecule has 1 aromatic heterocycles. The smallest absolute Gasteiger partial charge is 0.208 e. The van der Waals surface area contributed by atoms with Gasteiger partial charge in [0, 0.05) is 24.4 Å². The lowest BCUT2D eigenvalue weighted by molar-refractivity contribution is 0.122. The lowest BCUT2D eigenvalue weighted by Crippen LogP contribution is -2.24. The Morgan fingerprint density at radius 3 is 2.79 bits per heavy atom. The fourth-order valence-corrected chi connectivity index (χ4v) is 3.38. The molecule has 0 spiro atoms. The molecule has 0 amide bonds. The van der Waals surface area contributed by atoms with Crippen molar-refractivity contribution in [1.29, 1.82) is 0 Å². The van der Waals surface area contributed by atoms with Gasteiger partial charge in [0.15, 0.2) is 0 Å². The molecule has 2 fully saturated rings. The molecule has 1 N–H and O–H groups in total. The first-order valence-electron chi connectivity index (χ1n) is 7.29. The van der Waals surface area contributed by atoms with Crippen LogP contribution in [0.2, 0.25) is 0 Å². The van der Waals surface area contributed by atoms with E-state index in [0.29, 0.717) is 11.8 Å². The summed E-state index contributed by atoms with van der Waals surface area (Å²) < 4.78 is 5.84. The number of rotatable bonds is 2. The van der Waals surface area contributed by atoms with Gasteiger partial charge in [-0.1, -0.05) is 20.8 Å². The largest absolute Gasteiger partial charge is 0.444 e. The molecule has 0 bridgehead atoms. The van der Waals surface area contributed by atoms with Crippen molar-refractivity contribution in [1.82, 2.24) is 9.88 Å². The highest BCUT2D eigenvalue weighted by Gasteiger charge is 2.41. The number of aliphatic hydroxyl groups is 1. The molecule has 1 aromatic rings. The van der Waals surface area contributed by atoms with Gasteiger partial charge in [-0.2, -0.15) is 0 Å². The van der Waals surface area contributed by atoms with Gasteiger partial charge in [-0.3, -0.25) is 4.90 Å². The molecule has 1 aliphatic carbocycles. The molecule has 1 saturated carbocycles. The molecular weight excluding hydrogens is 240 g/mol. The van der Waals surface area contributed by atoms with Gasteiger partial charge in [0.2, 0.25) is 5.89 Å². The predicted molar refractivity (Wildman–Crippen MR) is 72.7 cm³/mol. The van der Waals surface area contributed by atoms with E-state index in [4.69, 9.17) is 4.42 Å². The van der Waals surface area contributed by atoms with Crippen LogP contribution in [0.1, 0.15) is 45.3 Å². The van der Waals surface area contributed by atoms with Crippen LogP contribution < -0.4 is 0 Å². The van der Waals surface area contributed by atoms with E-state index >= 15 is 0 Å². The molecule has 0 radical (unpaired) electrons. The van der Waals surface area contributed by atoms with Crippen molar-refractivity contribution in [2.24, 2.45) is 11.8 Å². The molecule has 2 aliphatic rings. The summed E-state index contributed by atoms with van der Waals surface area (Å²) >= 11 is 0. The van der Waals surface area contributed by atoms with Crippen molar-refractivity contribution in [3.05, 3.63) is 17.8 Å². The molecule has 4 nitrogen and oxygen atoms in total. The normalized spacial score (nSPS) is 31.9. The predicted octanol–water partition coefficient (Wildman–Crippen LogP) is 2.17. The minimum absolute atomic E-state index is 0.0168. The van der Waals surface area contributed by atoms with Gasteiger partial charge in [0.05, 0.1) is 18.8 Å². The summed E-state index contributed by atoms with van der Waals surface area (Å²) in [4.78, 5) is 6.76. The number of aromatic nitrogens is 1.